The summed E-state index contributed by atoms with van der Waals surface area (Å²) in [5.41, 5.74) is 4.17. The molecule has 7 heteroatoms. The summed E-state index contributed by atoms with van der Waals surface area (Å²) in [7, 11) is 3.77. The second kappa shape index (κ2) is 10.9. The Hall–Kier alpha value is -3.48. The van der Waals surface area contributed by atoms with E-state index in [9.17, 15) is 9.59 Å². The Morgan fingerprint density at radius 1 is 0.892 bits per heavy atom. The minimum Gasteiger partial charge on any atom is -0.464 e. The molecule has 4 rings (SSSR count). The summed E-state index contributed by atoms with van der Waals surface area (Å²) in [5, 5.41) is 10.3. The molecule has 0 saturated carbocycles. The molecule has 0 atom stereocenters. The number of carbonyl (C=O) groups is 2. The quantitative estimate of drug-likeness (QED) is 0.239. The van der Waals surface area contributed by atoms with Crippen LogP contribution in [0.2, 0.25) is 0 Å². The highest BCUT2D eigenvalue weighted by Gasteiger charge is 2.45. The van der Waals surface area contributed by atoms with Crippen molar-refractivity contribution >= 4 is 22.5 Å². The zero-order valence-electron chi connectivity index (χ0n) is 22.9. The maximum atomic E-state index is 14.2. The van der Waals surface area contributed by atoms with Crippen LogP contribution in [0.3, 0.4) is 0 Å². The third-order valence-electron chi connectivity index (χ3n) is 7.47. The van der Waals surface area contributed by atoms with E-state index >= 15 is 0 Å². The summed E-state index contributed by atoms with van der Waals surface area (Å²) in [4.78, 5) is 28.3. The van der Waals surface area contributed by atoms with Crippen LogP contribution in [0.4, 0.5) is 0 Å². The lowest BCUT2D eigenvalue weighted by atomic mass is 9.69. The van der Waals surface area contributed by atoms with Crippen molar-refractivity contribution in [1.29, 1.82) is 0 Å². The molecule has 4 aromatic rings. The second-order valence-electron chi connectivity index (χ2n) is 10.8. The number of aromatic nitrogens is 4. The van der Waals surface area contributed by atoms with Crippen molar-refractivity contribution in [2.24, 2.45) is 25.4 Å². The van der Waals surface area contributed by atoms with Crippen LogP contribution < -0.4 is 0 Å². The van der Waals surface area contributed by atoms with Gasteiger partial charge in [0.1, 0.15) is 17.1 Å². The van der Waals surface area contributed by atoms with Gasteiger partial charge in [0.2, 0.25) is 0 Å². The minimum absolute atomic E-state index is 0.0110. The molecule has 7 nitrogen and oxygen atoms in total. The van der Waals surface area contributed by atoms with Crippen LogP contribution in [-0.2, 0) is 42.9 Å². The summed E-state index contributed by atoms with van der Waals surface area (Å²) in [6, 6.07) is 11.9. The maximum absolute atomic E-state index is 14.2. The molecular weight excluding hydrogens is 464 g/mol. The Labute approximate surface area is 218 Å². The van der Waals surface area contributed by atoms with Gasteiger partial charge in [-0.3, -0.25) is 19.0 Å². The van der Waals surface area contributed by atoms with E-state index in [-0.39, 0.29) is 30.8 Å². The Balaban J connectivity index is 1.70. The van der Waals surface area contributed by atoms with E-state index in [4.69, 9.17) is 4.42 Å². The van der Waals surface area contributed by atoms with Gasteiger partial charge in [-0.1, -0.05) is 19.9 Å². The van der Waals surface area contributed by atoms with Gasteiger partial charge in [0.25, 0.3) is 0 Å². The SMILES string of the molecule is Cc1cc(CC(Cc2cc(C)n(C)n2)(C(=O)CCc2ccc3occc3c2)C(=O)CCC(C)C)nn1C. The predicted molar refractivity (Wildman–Crippen MR) is 144 cm³/mol. The van der Waals surface area contributed by atoms with E-state index in [1.54, 1.807) is 15.6 Å². The van der Waals surface area contributed by atoms with Gasteiger partial charge in [-0.05, 0) is 68.5 Å². The number of benzene rings is 1. The molecule has 0 N–H and O–H groups in total. The Bertz CT molecular complexity index is 1320. The van der Waals surface area contributed by atoms with Crippen molar-refractivity contribution in [2.45, 2.75) is 66.2 Å². The molecule has 0 aliphatic carbocycles. The third-order valence-corrected chi connectivity index (χ3v) is 7.47. The summed E-state index contributed by atoms with van der Waals surface area (Å²) in [5.74, 6) is 0.316. The largest absolute Gasteiger partial charge is 0.464 e. The monoisotopic (exact) mass is 502 g/mol. The fourth-order valence-electron chi connectivity index (χ4n) is 5.00. The van der Waals surface area contributed by atoms with Gasteiger partial charge >= 0.3 is 0 Å². The van der Waals surface area contributed by atoms with Crippen LogP contribution in [0.5, 0.6) is 0 Å². The average Bonchev–Trinajstić information content (AvgIpc) is 3.53. The fourth-order valence-corrected chi connectivity index (χ4v) is 5.00. The molecule has 3 heterocycles. The van der Waals surface area contributed by atoms with Gasteiger partial charge in [-0.25, -0.2) is 0 Å². The predicted octanol–water partition coefficient (Wildman–Crippen LogP) is 5.50. The number of hydrogen-bond donors (Lipinski definition) is 0. The third kappa shape index (κ3) is 5.92. The summed E-state index contributed by atoms with van der Waals surface area (Å²) < 4.78 is 9.06. The van der Waals surface area contributed by atoms with E-state index in [2.05, 4.69) is 30.1 Å². The molecule has 0 fully saturated rings. The zero-order valence-corrected chi connectivity index (χ0v) is 22.9. The molecular formula is C30H38N4O3. The van der Waals surface area contributed by atoms with Crippen LogP contribution in [0.1, 0.15) is 61.4 Å². The first-order valence-corrected chi connectivity index (χ1v) is 13.1. The molecule has 0 aliphatic heterocycles. The van der Waals surface area contributed by atoms with Gasteiger partial charge in [0.15, 0.2) is 0 Å². The smallest absolute Gasteiger partial charge is 0.147 e. The van der Waals surface area contributed by atoms with Gasteiger partial charge in [-0.2, -0.15) is 10.2 Å². The number of fused-ring (bicyclic) bond motifs is 1. The van der Waals surface area contributed by atoms with Crippen LogP contribution in [0, 0.1) is 25.2 Å². The van der Waals surface area contributed by atoms with Crippen LogP contribution in [0.15, 0.2) is 47.1 Å². The van der Waals surface area contributed by atoms with Crippen molar-refractivity contribution in [3.63, 3.8) is 0 Å². The lowest BCUT2D eigenvalue weighted by Gasteiger charge is -2.30. The molecule has 0 unspecified atom stereocenters. The summed E-state index contributed by atoms with van der Waals surface area (Å²) in [6.45, 7) is 8.17. The van der Waals surface area contributed by atoms with E-state index in [1.807, 2.05) is 58.3 Å². The topological polar surface area (TPSA) is 82.9 Å². The first-order chi connectivity index (χ1) is 17.6. The molecule has 0 saturated heterocycles. The lowest BCUT2D eigenvalue weighted by molar-refractivity contribution is -0.141. The second-order valence-corrected chi connectivity index (χ2v) is 10.8. The van der Waals surface area contributed by atoms with Crippen LogP contribution in [0.25, 0.3) is 11.0 Å². The molecule has 0 spiro atoms. The van der Waals surface area contributed by atoms with Crippen molar-refractivity contribution < 1.29 is 14.0 Å². The minimum atomic E-state index is -1.21. The highest BCUT2D eigenvalue weighted by Crippen LogP contribution is 2.34. The highest BCUT2D eigenvalue weighted by atomic mass is 16.3. The number of carbonyl (C=O) groups excluding carboxylic acids is 2. The van der Waals surface area contributed by atoms with Gasteiger partial charge in [0, 0.05) is 56.6 Å². The van der Waals surface area contributed by atoms with E-state index in [1.165, 1.54) is 0 Å². The van der Waals surface area contributed by atoms with E-state index in [0.29, 0.717) is 18.8 Å². The van der Waals surface area contributed by atoms with Crippen LogP contribution in [-0.4, -0.2) is 31.1 Å². The lowest BCUT2D eigenvalue weighted by Crippen LogP contribution is -2.44. The Kier molecular flexibility index (Phi) is 7.81. The number of hydrogen-bond acceptors (Lipinski definition) is 5. The number of ketones is 2. The average molecular weight is 503 g/mol. The number of rotatable bonds is 12. The van der Waals surface area contributed by atoms with Gasteiger partial charge in [0.05, 0.1) is 23.1 Å². The first kappa shape index (κ1) is 26.6. The zero-order chi connectivity index (χ0) is 26.7. The number of furan rings is 1. The molecule has 0 amide bonds. The molecule has 196 valence electrons. The molecule has 0 aliphatic rings. The summed E-state index contributed by atoms with van der Waals surface area (Å²) >= 11 is 0. The molecule has 37 heavy (non-hydrogen) atoms. The van der Waals surface area contributed by atoms with Crippen molar-refractivity contribution in [3.8, 4) is 0 Å². The highest BCUT2D eigenvalue weighted by molar-refractivity contribution is 6.07. The van der Waals surface area contributed by atoms with E-state index < -0.39 is 5.41 Å². The van der Waals surface area contributed by atoms with Crippen molar-refractivity contribution in [2.75, 3.05) is 0 Å². The van der Waals surface area contributed by atoms with E-state index in [0.717, 1.165) is 45.7 Å². The molecule has 3 aromatic heterocycles. The number of aryl methyl sites for hydroxylation is 5. The molecule has 0 radical (unpaired) electrons. The fraction of sp³-hybridized carbons (Fsp3) is 0.467. The van der Waals surface area contributed by atoms with Crippen LogP contribution >= 0.6 is 0 Å². The standard InChI is InChI=1S/C30H38N4O3/c1-20(2)7-11-28(35)30(18-25-15-21(3)33(5)31-25,19-26-16-22(4)34(6)32-26)29(36)12-9-23-8-10-27-24(17-23)13-14-37-27/h8,10,13-17,20H,7,9,11-12,18-19H2,1-6H3. The van der Waals surface area contributed by atoms with Crippen molar-refractivity contribution in [3.05, 3.63) is 71.0 Å². The Morgan fingerprint density at radius 3 is 2.03 bits per heavy atom. The summed E-state index contributed by atoms with van der Waals surface area (Å²) in [6.07, 6.45) is 4.16. The first-order valence-electron chi connectivity index (χ1n) is 13.1. The molecule has 0 bridgehead atoms. The number of Topliss-reactive ketones (excluding diaryl/α,β-unsaturated/α-hetero) is 2. The molecule has 1 aromatic carbocycles. The number of nitrogens with zero attached hydrogens (tertiary/aromatic N) is 4. The van der Waals surface area contributed by atoms with Gasteiger partial charge in [-0.15, -0.1) is 0 Å². The van der Waals surface area contributed by atoms with Crippen molar-refractivity contribution in [1.82, 2.24) is 19.6 Å². The normalized spacial score (nSPS) is 12.1. The van der Waals surface area contributed by atoms with Gasteiger partial charge < -0.3 is 4.42 Å². The Morgan fingerprint density at radius 2 is 1.49 bits per heavy atom. The maximum Gasteiger partial charge on any atom is 0.147 e.